The first kappa shape index (κ1) is 11.4. The van der Waals surface area contributed by atoms with Crippen molar-refractivity contribution in [1.29, 1.82) is 0 Å². The van der Waals surface area contributed by atoms with E-state index in [4.69, 9.17) is 16.3 Å². The number of carbonyl (C=O) groups excluding carboxylic acids is 1. The summed E-state index contributed by atoms with van der Waals surface area (Å²) in [4.78, 5) is 17.9. The van der Waals surface area contributed by atoms with E-state index in [9.17, 15) is 4.79 Å². The quantitative estimate of drug-likeness (QED) is 0.748. The van der Waals surface area contributed by atoms with Gasteiger partial charge in [-0.15, -0.1) is 0 Å². The summed E-state index contributed by atoms with van der Waals surface area (Å²) in [5.41, 5.74) is 1.28. The highest BCUT2D eigenvalue weighted by Gasteiger charge is 2.21. The molecule has 2 heterocycles. The lowest BCUT2D eigenvalue weighted by Crippen LogP contribution is -2.41. The zero-order valence-electron chi connectivity index (χ0n) is 9.07. The lowest BCUT2D eigenvalue weighted by molar-refractivity contribution is 0.0299. The molecule has 0 spiro atoms. The van der Waals surface area contributed by atoms with Crippen LogP contribution in [0.3, 0.4) is 0 Å². The molecular formula is C11H13ClN2O2. The lowest BCUT2D eigenvalue weighted by Gasteiger charge is -2.26. The summed E-state index contributed by atoms with van der Waals surface area (Å²) in [6.45, 7) is 4.25. The molecule has 1 aromatic rings. The smallest absolute Gasteiger partial charge is 0.274 e. The van der Waals surface area contributed by atoms with Gasteiger partial charge in [-0.25, -0.2) is 4.98 Å². The molecule has 1 aliphatic heterocycles. The van der Waals surface area contributed by atoms with Crippen LogP contribution in [0.5, 0.6) is 0 Å². The zero-order valence-corrected chi connectivity index (χ0v) is 9.83. The molecule has 0 aliphatic carbocycles. The van der Waals surface area contributed by atoms with Crippen LogP contribution in [0.15, 0.2) is 12.3 Å². The van der Waals surface area contributed by atoms with E-state index in [1.54, 1.807) is 17.2 Å². The van der Waals surface area contributed by atoms with Crippen LogP contribution in [0.1, 0.15) is 16.1 Å². The molecule has 86 valence electrons. The molecule has 5 heteroatoms. The van der Waals surface area contributed by atoms with E-state index < -0.39 is 0 Å². The van der Waals surface area contributed by atoms with Crippen LogP contribution in [-0.4, -0.2) is 42.1 Å². The molecule has 0 aromatic carbocycles. The van der Waals surface area contributed by atoms with Crippen LogP contribution in [0.4, 0.5) is 0 Å². The summed E-state index contributed by atoms with van der Waals surface area (Å²) in [5.74, 6) is -0.117. The van der Waals surface area contributed by atoms with Gasteiger partial charge in [-0.2, -0.15) is 0 Å². The number of carbonyl (C=O) groups is 1. The van der Waals surface area contributed by atoms with Crippen molar-refractivity contribution in [3.8, 4) is 0 Å². The summed E-state index contributed by atoms with van der Waals surface area (Å²) in [6.07, 6.45) is 1.65. The molecule has 1 fully saturated rings. The van der Waals surface area contributed by atoms with Gasteiger partial charge < -0.3 is 9.64 Å². The number of aromatic nitrogens is 1. The van der Waals surface area contributed by atoms with Crippen molar-refractivity contribution in [3.63, 3.8) is 0 Å². The van der Waals surface area contributed by atoms with Crippen molar-refractivity contribution >= 4 is 17.5 Å². The van der Waals surface area contributed by atoms with Crippen molar-refractivity contribution in [2.75, 3.05) is 26.3 Å². The first-order chi connectivity index (χ1) is 7.68. The van der Waals surface area contributed by atoms with Crippen LogP contribution in [0, 0.1) is 6.92 Å². The van der Waals surface area contributed by atoms with Crippen LogP contribution in [0.2, 0.25) is 5.02 Å². The Hall–Kier alpha value is -1.13. The lowest BCUT2D eigenvalue weighted by atomic mass is 10.2. The molecule has 0 N–H and O–H groups in total. The fourth-order valence-electron chi connectivity index (χ4n) is 1.61. The predicted octanol–water partition coefficient (Wildman–Crippen LogP) is 1.52. The monoisotopic (exact) mass is 240 g/mol. The third-order valence-corrected chi connectivity index (χ3v) is 2.77. The summed E-state index contributed by atoms with van der Waals surface area (Å²) < 4.78 is 5.19. The maximum atomic E-state index is 12.1. The number of hydrogen-bond acceptors (Lipinski definition) is 3. The van der Waals surface area contributed by atoms with Crippen molar-refractivity contribution < 1.29 is 9.53 Å². The topological polar surface area (TPSA) is 42.4 Å². The number of pyridine rings is 1. The normalized spacial score (nSPS) is 16.2. The molecule has 0 saturated carbocycles. The Labute approximate surface area is 99.2 Å². The van der Waals surface area contributed by atoms with Gasteiger partial charge in [0.2, 0.25) is 0 Å². The molecule has 1 aromatic heterocycles. The Balaban J connectivity index is 2.19. The van der Waals surface area contributed by atoms with E-state index in [0.717, 1.165) is 5.56 Å². The molecule has 0 radical (unpaired) electrons. The van der Waals surface area contributed by atoms with Gasteiger partial charge in [-0.05, 0) is 18.6 Å². The minimum atomic E-state index is -0.117. The van der Waals surface area contributed by atoms with Gasteiger partial charge in [0.25, 0.3) is 5.91 Å². The van der Waals surface area contributed by atoms with Gasteiger partial charge in [0.15, 0.2) is 0 Å². The molecule has 16 heavy (non-hydrogen) atoms. The Morgan fingerprint density at radius 1 is 1.50 bits per heavy atom. The molecular weight excluding hydrogens is 228 g/mol. The number of hydrogen-bond donors (Lipinski definition) is 0. The Morgan fingerprint density at radius 2 is 2.19 bits per heavy atom. The summed E-state index contributed by atoms with van der Waals surface area (Å²) in [7, 11) is 0. The first-order valence-electron chi connectivity index (χ1n) is 5.17. The largest absolute Gasteiger partial charge is 0.378 e. The van der Waals surface area contributed by atoms with Crippen LogP contribution >= 0.6 is 11.6 Å². The number of aryl methyl sites for hydroxylation is 1. The predicted molar refractivity (Wildman–Crippen MR) is 60.7 cm³/mol. The van der Waals surface area contributed by atoms with Gasteiger partial charge in [0.1, 0.15) is 5.69 Å². The third-order valence-electron chi connectivity index (χ3n) is 2.48. The van der Waals surface area contributed by atoms with E-state index in [2.05, 4.69) is 4.98 Å². The maximum Gasteiger partial charge on any atom is 0.274 e. The fraction of sp³-hybridized carbons (Fsp3) is 0.455. The molecule has 4 nitrogen and oxygen atoms in total. The highest BCUT2D eigenvalue weighted by Crippen LogP contribution is 2.17. The van der Waals surface area contributed by atoms with E-state index >= 15 is 0 Å². The second-order valence-corrected chi connectivity index (χ2v) is 4.15. The summed E-state index contributed by atoms with van der Waals surface area (Å²) in [5, 5.41) is 0.413. The van der Waals surface area contributed by atoms with Crippen LogP contribution in [-0.2, 0) is 4.74 Å². The van der Waals surface area contributed by atoms with E-state index in [1.807, 2.05) is 6.92 Å². The number of morpholine rings is 1. The van der Waals surface area contributed by atoms with Crippen molar-refractivity contribution in [2.45, 2.75) is 6.92 Å². The van der Waals surface area contributed by atoms with Gasteiger partial charge >= 0.3 is 0 Å². The number of halogens is 1. The van der Waals surface area contributed by atoms with Crippen molar-refractivity contribution in [1.82, 2.24) is 9.88 Å². The van der Waals surface area contributed by atoms with Gasteiger partial charge in [-0.1, -0.05) is 11.6 Å². The van der Waals surface area contributed by atoms with E-state index in [0.29, 0.717) is 37.0 Å². The maximum absolute atomic E-state index is 12.1. The second kappa shape index (κ2) is 4.80. The standard InChI is InChI=1S/C11H13ClN2O2/c1-8-6-9(12)10(13-7-8)11(15)14-2-4-16-5-3-14/h6-7H,2-5H2,1H3. The molecule has 0 unspecified atom stereocenters. The zero-order chi connectivity index (χ0) is 11.5. The number of amides is 1. The van der Waals surface area contributed by atoms with E-state index in [1.165, 1.54) is 0 Å². The number of ether oxygens (including phenoxy) is 1. The van der Waals surface area contributed by atoms with Crippen molar-refractivity contribution in [2.24, 2.45) is 0 Å². The average Bonchev–Trinajstić information content (AvgIpc) is 2.29. The minimum absolute atomic E-state index is 0.117. The molecule has 0 atom stereocenters. The molecule has 0 bridgehead atoms. The molecule has 2 rings (SSSR count). The summed E-state index contributed by atoms with van der Waals surface area (Å²) in [6, 6.07) is 1.75. The Kier molecular flexibility index (Phi) is 3.41. The second-order valence-electron chi connectivity index (χ2n) is 3.75. The average molecular weight is 241 g/mol. The molecule has 1 aliphatic rings. The highest BCUT2D eigenvalue weighted by molar-refractivity contribution is 6.33. The summed E-state index contributed by atoms with van der Waals surface area (Å²) >= 11 is 6.00. The van der Waals surface area contributed by atoms with E-state index in [-0.39, 0.29) is 5.91 Å². The molecule has 1 saturated heterocycles. The highest BCUT2D eigenvalue weighted by atomic mass is 35.5. The van der Waals surface area contributed by atoms with Crippen LogP contribution < -0.4 is 0 Å². The molecule has 1 amide bonds. The van der Waals surface area contributed by atoms with Crippen molar-refractivity contribution in [3.05, 3.63) is 28.5 Å². The van der Waals surface area contributed by atoms with Gasteiger partial charge in [-0.3, -0.25) is 4.79 Å². The van der Waals surface area contributed by atoms with Gasteiger partial charge in [0.05, 0.1) is 18.2 Å². The SMILES string of the molecule is Cc1cnc(C(=O)N2CCOCC2)c(Cl)c1. The Morgan fingerprint density at radius 3 is 2.81 bits per heavy atom. The van der Waals surface area contributed by atoms with Gasteiger partial charge in [0, 0.05) is 19.3 Å². The fourth-order valence-corrected chi connectivity index (χ4v) is 1.91. The van der Waals surface area contributed by atoms with Crippen LogP contribution in [0.25, 0.3) is 0 Å². The third kappa shape index (κ3) is 2.33. The first-order valence-corrected chi connectivity index (χ1v) is 5.55. The minimum Gasteiger partial charge on any atom is -0.378 e. The Bertz CT molecular complexity index is 403. The number of nitrogens with zero attached hydrogens (tertiary/aromatic N) is 2. The number of rotatable bonds is 1.